The topological polar surface area (TPSA) is 56.5 Å². The molecule has 0 aliphatic carbocycles. The van der Waals surface area contributed by atoms with E-state index in [-0.39, 0.29) is 5.56 Å². The van der Waals surface area contributed by atoms with Crippen molar-refractivity contribution in [1.29, 1.82) is 0 Å². The summed E-state index contributed by atoms with van der Waals surface area (Å²) >= 11 is 3.47. The molecule has 0 unspecified atom stereocenters. The summed E-state index contributed by atoms with van der Waals surface area (Å²) in [5.74, 6) is 1.36. The zero-order chi connectivity index (χ0) is 24.9. The molecule has 0 aliphatic heterocycles. The SMILES string of the molecule is CCCCc1nc2ccc(Br)cc2c(=O)n1N=Cc1c(OCc2ccccc2)ccc2ccccc12. The van der Waals surface area contributed by atoms with Crippen molar-refractivity contribution >= 4 is 43.8 Å². The predicted octanol–water partition coefficient (Wildman–Crippen LogP) is 7.12. The Labute approximate surface area is 218 Å². The molecule has 36 heavy (non-hydrogen) atoms. The van der Waals surface area contributed by atoms with Crippen molar-refractivity contribution in [3.8, 4) is 5.75 Å². The van der Waals surface area contributed by atoms with Gasteiger partial charge >= 0.3 is 0 Å². The molecule has 0 saturated heterocycles. The van der Waals surface area contributed by atoms with E-state index in [1.165, 1.54) is 4.68 Å². The molecule has 180 valence electrons. The molecule has 1 heterocycles. The van der Waals surface area contributed by atoms with Crippen LogP contribution in [0.5, 0.6) is 5.75 Å². The Bertz CT molecular complexity index is 1610. The van der Waals surface area contributed by atoms with Gasteiger partial charge in [0.05, 0.1) is 17.1 Å². The second kappa shape index (κ2) is 10.9. The van der Waals surface area contributed by atoms with Gasteiger partial charge in [-0.2, -0.15) is 9.78 Å². The predicted molar refractivity (Wildman–Crippen MR) is 150 cm³/mol. The maximum atomic E-state index is 13.5. The number of halogens is 1. The summed E-state index contributed by atoms with van der Waals surface area (Å²) in [6.45, 7) is 2.56. The highest BCUT2D eigenvalue weighted by molar-refractivity contribution is 9.10. The molecule has 0 saturated carbocycles. The van der Waals surface area contributed by atoms with Gasteiger partial charge in [-0.05, 0) is 47.0 Å². The summed E-state index contributed by atoms with van der Waals surface area (Å²) in [6.07, 6.45) is 4.31. The van der Waals surface area contributed by atoms with E-state index in [1.54, 1.807) is 12.3 Å². The Morgan fingerprint density at radius 3 is 2.61 bits per heavy atom. The van der Waals surface area contributed by atoms with Crippen molar-refractivity contribution in [2.75, 3.05) is 0 Å². The second-order valence-corrected chi connectivity index (χ2v) is 9.54. The van der Waals surface area contributed by atoms with Gasteiger partial charge in [-0.1, -0.05) is 89.9 Å². The third-order valence-electron chi connectivity index (χ3n) is 6.10. The molecule has 1 aromatic heterocycles. The highest BCUT2D eigenvalue weighted by atomic mass is 79.9. The van der Waals surface area contributed by atoms with Crippen LogP contribution in [-0.4, -0.2) is 15.9 Å². The molecule has 0 atom stereocenters. The Morgan fingerprint density at radius 2 is 1.78 bits per heavy atom. The first-order valence-electron chi connectivity index (χ1n) is 12.1. The minimum absolute atomic E-state index is 0.185. The van der Waals surface area contributed by atoms with Crippen molar-refractivity contribution < 1.29 is 4.74 Å². The Kier molecular flexibility index (Phi) is 7.23. The fourth-order valence-corrected chi connectivity index (χ4v) is 4.56. The Balaban J connectivity index is 1.61. The number of nitrogens with zero attached hydrogens (tertiary/aromatic N) is 3. The highest BCUT2D eigenvalue weighted by Gasteiger charge is 2.12. The number of ether oxygens (including phenoxy) is 1. The average Bonchev–Trinajstić information content (AvgIpc) is 2.91. The minimum atomic E-state index is -0.185. The van der Waals surface area contributed by atoms with E-state index in [2.05, 4.69) is 28.9 Å². The largest absolute Gasteiger partial charge is 0.488 e. The van der Waals surface area contributed by atoms with Crippen molar-refractivity contribution in [3.63, 3.8) is 0 Å². The van der Waals surface area contributed by atoms with Crippen LogP contribution in [0.3, 0.4) is 0 Å². The molecule has 5 aromatic rings. The molecule has 4 aromatic carbocycles. The van der Waals surface area contributed by atoms with Crippen LogP contribution in [0.1, 0.15) is 36.7 Å². The standard InChI is InChI=1S/C30H26BrN3O2/c1-2-3-13-29-33-27-16-15-23(31)18-25(27)30(35)34(29)32-19-26-24-12-8-7-11-22(24)14-17-28(26)36-20-21-9-5-4-6-10-21/h4-12,14-19H,2-3,13,20H2,1H3. The molecule has 5 nitrogen and oxygen atoms in total. The van der Waals surface area contributed by atoms with Gasteiger partial charge < -0.3 is 4.74 Å². The van der Waals surface area contributed by atoms with Crippen molar-refractivity contribution in [1.82, 2.24) is 9.66 Å². The van der Waals surface area contributed by atoms with Gasteiger partial charge in [0.2, 0.25) is 0 Å². The molecule has 6 heteroatoms. The number of benzene rings is 4. The van der Waals surface area contributed by atoms with Crippen LogP contribution < -0.4 is 10.3 Å². The van der Waals surface area contributed by atoms with Gasteiger partial charge in [-0.3, -0.25) is 4.79 Å². The molecule has 0 spiro atoms. The summed E-state index contributed by atoms with van der Waals surface area (Å²) < 4.78 is 8.50. The molecule has 0 N–H and O–H groups in total. The second-order valence-electron chi connectivity index (χ2n) is 8.63. The lowest BCUT2D eigenvalue weighted by atomic mass is 10.0. The van der Waals surface area contributed by atoms with E-state index in [4.69, 9.17) is 14.8 Å². The number of hydrogen-bond donors (Lipinski definition) is 0. The summed E-state index contributed by atoms with van der Waals surface area (Å²) in [4.78, 5) is 18.3. The van der Waals surface area contributed by atoms with Crippen molar-refractivity contribution in [3.05, 3.63) is 117 Å². The van der Waals surface area contributed by atoms with Crippen LogP contribution in [0, 0.1) is 0 Å². The third-order valence-corrected chi connectivity index (χ3v) is 6.59. The fraction of sp³-hybridized carbons (Fsp3) is 0.167. The quantitative estimate of drug-likeness (QED) is 0.197. The first-order chi connectivity index (χ1) is 17.6. The van der Waals surface area contributed by atoms with E-state index >= 15 is 0 Å². The van der Waals surface area contributed by atoms with E-state index in [0.29, 0.717) is 35.5 Å². The Morgan fingerprint density at radius 1 is 0.972 bits per heavy atom. The molecule has 0 amide bonds. The number of rotatable bonds is 8. The first kappa shape index (κ1) is 23.9. The van der Waals surface area contributed by atoms with Crippen LogP contribution in [0.4, 0.5) is 0 Å². The molecular formula is C30H26BrN3O2. The van der Waals surface area contributed by atoms with E-state index in [0.717, 1.165) is 39.2 Å². The molecule has 5 rings (SSSR count). The number of fused-ring (bicyclic) bond motifs is 2. The monoisotopic (exact) mass is 539 g/mol. The molecule has 0 bridgehead atoms. The molecule has 0 radical (unpaired) electrons. The Hall–Kier alpha value is -3.77. The smallest absolute Gasteiger partial charge is 0.282 e. The molecule has 0 fully saturated rings. The number of aryl methyl sites for hydroxylation is 1. The van der Waals surface area contributed by atoms with Crippen LogP contribution in [0.2, 0.25) is 0 Å². The first-order valence-corrected chi connectivity index (χ1v) is 12.9. The zero-order valence-electron chi connectivity index (χ0n) is 20.0. The lowest BCUT2D eigenvalue weighted by Gasteiger charge is -2.13. The maximum Gasteiger partial charge on any atom is 0.282 e. The normalized spacial score (nSPS) is 11.5. The van der Waals surface area contributed by atoms with Crippen LogP contribution in [0.25, 0.3) is 21.7 Å². The maximum absolute atomic E-state index is 13.5. The van der Waals surface area contributed by atoms with Crippen LogP contribution in [0.15, 0.2) is 99.3 Å². The van der Waals surface area contributed by atoms with Crippen molar-refractivity contribution in [2.24, 2.45) is 5.10 Å². The summed E-state index contributed by atoms with van der Waals surface area (Å²) in [5.41, 5.74) is 2.40. The van der Waals surface area contributed by atoms with E-state index in [9.17, 15) is 4.79 Å². The lowest BCUT2D eigenvalue weighted by Crippen LogP contribution is -2.22. The third kappa shape index (κ3) is 5.09. The van der Waals surface area contributed by atoms with Gasteiger partial charge in [0.15, 0.2) is 0 Å². The number of aromatic nitrogens is 2. The lowest BCUT2D eigenvalue weighted by molar-refractivity contribution is 0.306. The van der Waals surface area contributed by atoms with Gasteiger partial charge in [0.25, 0.3) is 5.56 Å². The summed E-state index contributed by atoms with van der Waals surface area (Å²) in [7, 11) is 0. The molecular weight excluding hydrogens is 514 g/mol. The van der Waals surface area contributed by atoms with Gasteiger partial charge in [-0.15, -0.1) is 0 Å². The molecule has 0 aliphatic rings. The van der Waals surface area contributed by atoms with Crippen LogP contribution in [-0.2, 0) is 13.0 Å². The summed E-state index contributed by atoms with van der Waals surface area (Å²) in [6, 6.07) is 27.7. The van der Waals surface area contributed by atoms with Crippen molar-refractivity contribution in [2.45, 2.75) is 32.8 Å². The highest BCUT2D eigenvalue weighted by Crippen LogP contribution is 2.27. The van der Waals surface area contributed by atoms with Crippen LogP contribution >= 0.6 is 15.9 Å². The van der Waals surface area contributed by atoms with Gasteiger partial charge in [0, 0.05) is 16.5 Å². The minimum Gasteiger partial charge on any atom is -0.488 e. The fourth-order valence-electron chi connectivity index (χ4n) is 4.20. The number of unbranched alkanes of at least 4 members (excludes halogenated alkanes) is 1. The van der Waals surface area contributed by atoms with E-state index in [1.807, 2.05) is 72.8 Å². The van der Waals surface area contributed by atoms with Gasteiger partial charge in [0.1, 0.15) is 18.2 Å². The zero-order valence-corrected chi connectivity index (χ0v) is 21.6. The average molecular weight is 540 g/mol. The van der Waals surface area contributed by atoms with Gasteiger partial charge in [-0.25, -0.2) is 4.98 Å². The number of hydrogen-bond acceptors (Lipinski definition) is 4. The van der Waals surface area contributed by atoms with E-state index < -0.39 is 0 Å². The summed E-state index contributed by atoms with van der Waals surface area (Å²) in [5, 5.41) is 7.30.